The van der Waals surface area contributed by atoms with Crippen LogP contribution in [0.5, 0.6) is 0 Å². The molecule has 1 saturated heterocycles. The molecule has 0 aromatic heterocycles. The molecule has 1 aromatic rings. The van der Waals surface area contributed by atoms with Crippen molar-refractivity contribution in [1.82, 2.24) is 4.90 Å². The molecule has 0 spiro atoms. The SMILES string of the molecule is COC(=O)c1ccccc1CN1CC(OC)C(OC)C1. The van der Waals surface area contributed by atoms with Crippen LogP contribution in [0.4, 0.5) is 0 Å². The zero-order valence-electron chi connectivity index (χ0n) is 12.2. The van der Waals surface area contributed by atoms with Gasteiger partial charge in [-0.3, -0.25) is 4.90 Å². The third kappa shape index (κ3) is 3.17. The molecule has 0 saturated carbocycles. The van der Waals surface area contributed by atoms with Crippen molar-refractivity contribution < 1.29 is 19.0 Å². The van der Waals surface area contributed by atoms with E-state index in [1.54, 1.807) is 20.3 Å². The van der Waals surface area contributed by atoms with Crippen LogP contribution in [0.3, 0.4) is 0 Å². The van der Waals surface area contributed by atoms with Gasteiger partial charge in [0.15, 0.2) is 0 Å². The first-order valence-corrected chi connectivity index (χ1v) is 6.63. The molecule has 1 aliphatic heterocycles. The molecule has 2 unspecified atom stereocenters. The largest absolute Gasteiger partial charge is 0.465 e. The molecule has 110 valence electrons. The summed E-state index contributed by atoms with van der Waals surface area (Å²) >= 11 is 0. The highest BCUT2D eigenvalue weighted by Crippen LogP contribution is 2.20. The summed E-state index contributed by atoms with van der Waals surface area (Å²) in [7, 11) is 4.79. The van der Waals surface area contributed by atoms with Crippen molar-refractivity contribution >= 4 is 5.97 Å². The number of nitrogens with zero attached hydrogens (tertiary/aromatic N) is 1. The zero-order valence-corrected chi connectivity index (χ0v) is 12.2. The van der Waals surface area contributed by atoms with Crippen molar-refractivity contribution in [3.05, 3.63) is 35.4 Å². The van der Waals surface area contributed by atoms with Gasteiger partial charge >= 0.3 is 5.97 Å². The third-order valence-corrected chi connectivity index (χ3v) is 3.71. The Morgan fingerprint density at radius 1 is 1.15 bits per heavy atom. The summed E-state index contributed by atoms with van der Waals surface area (Å²) in [6.07, 6.45) is 0.149. The van der Waals surface area contributed by atoms with Crippen molar-refractivity contribution in [2.24, 2.45) is 0 Å². The van der Waals surface area contributed by atoms with Gasteiger partial charge in [-0.25, -0.2) is 4.79 Å². The monoisotopic (exact) mass is 279 g/mol. The van der Waals surface area contributed by atoms with Crippen LogP contribution in [-0.4, -0.2) is 57.5 Å². The topological polar surface area (TPSA) is 48.0 Å². The van der Waals surface area contributed by atoms with Crippen LogP contribution in [-0.2, 0) is 20.8 Å². The highest BCUT2D eigenvalue weighted by molar-refractivity contribution is 5.90. The fourth-order valence-electron chi connectivity index (χ4n) is 2.61. The summed E-state index contributed by atoms with van der Waals surface area (Å²) in [4.78, 5) is 14.0. The van der Waals surface area contributed by atoms with Gasteiger partial charge in [-0.05, 0) is 11.6 Å². The fraction of sp³-hybridized carbons (Fsp3) is 0.533. The minimum absolute atomic E-state index is 0.0743. The number of hydrogen-bond donors (Lipinski definition) is 0. The van der Waals surface area contributed by atoms with Crippen molar-refractivity contribution in [1.29, 1.82) is 0 Å². The maximum atomic E-state index is 11.8. The molecular weight excluding hydrogens is 258 g/mol. The highest BCUT2D eigenvalue weighted by Gasteiger charge is 2.33. The van der Waals surface area contributed by atoms with E-state index >= 15 is 0 Å². The third-order valence-electron chi connectivity index (χ3n) is 3.71. The number of likely N-dealkylation sites (tertiary alicyclic amines) is 1. The Morgan fingerprint density at radius 3 is 2.30 bits per heavy atom. The van der Waals surface area contributed by atoms with Crippen LogP contribution < -0.4 is 0 Å². The summed E-state index contributed by atoms with van der Waals surface area (Å²) in [6.45, 7) is 2.28. The average Bonchev–Trinajstić information content (AvgIpc) is 2.89. The minimum atomic E-state index is -0.300. The normalized spacial score (nSPS) is 22.9. The number of methoxy groups -OCH3 is 3. The van der Waals surface area contributed by atoms with Crippen molar-refractivity contribution in [3.63, 3.8) is 0 Å². The van der Waals surface area contributed by atoms with Crippen LogP contribution in [0.15, 0.2) is 24.3 Å². The summed E-state index contributed by atoms with van der Waals surface area (Å²) in [5.74, 6) is -0.300. The zero-order chi connectivity index (χ0) is 14.5. The van der Waals surface area contributed by atoms with E-state index < -0.39 is 0 Å². The van der Waals surface area contributed by atoms with Gasteiger partial charge in [0.25, 0.3) is 0 Å². The molecule has 0 amide bonds. The Hall–Kier alpha value is -1.43. The number of benzene rings is 1. The lowest BCUT2D eigenvalue weighted by molar-refractivity contribution is -0.00461. The van der Waals surface area contributed by atoms with E-state index in [9.17, 15) is 4.79 Å². The molecule has 2 rings (SSSR count). The van der Waals surface area contributed by atoms with Crippen LogP contribution in [0.1, 0.15) is 15.9 Å². The first kappa shape index (κ1) is 15.0. The number of carbonyl (C=O) groups is 1. The van der Waals surface area contributed by atoms with Crippen LogP contribution in [0, 0.1) is 0 Å². The minimum Gasteiger partial charge on any atom is -0.465 e. The van der Waals surface area contributed by atoms with Crippen molar-refractivity contribution in [3.8, 4) is 0 Å². The highest BCUT2D eigenvalue weighted by atomic mass is 16.5. The molecule has 1 aliphatic rings. The Morgan fingerprint density at radius 2 is 1.75 bits per heavy atom. The van der Waals surface area contributed by atoms with Gasteiger partial charge in [0.05, 0.1) is 24.9 Å². The predicted octanol–water partition coefficient (Wildman–Crippen LogP) is 1.32. The Kier molecular flexibility index (Phi) is 5.11. The van der Waals surface area contributed by atoms with E-state index in [-0.39, 0.29) is 18.2 Å². The fourth-order valence-corrected chi connectivity index (χ4v) is 2.61. The lowest BCUT2D eigenvalue weighted by Crippen LogP contribution is -2.27. The first-order chi connectivity index (χ1) is 9.69. The van der Waals surface area contributed by atoms with Gasteiger partial charge in [-0.1, -0.05) is 18.2 Å². The molecule has 1 aromatic carbocycles. The van der Waals surface area contributed by atoms with Crippen LogP contribution in [0.25, 0.3) is 0 Å². The van der Waals surface area contributed by atoms with E-state index in [0.717, 1.165) is 18.7 Å². The molecule has 2 atom stereocenters. The molecule has 0 aliphatic carbocycles. The molecule has 0 N–H and O–H groups in total. The number of hydrogen-bond acceptors (Lipinski definition) is 5. The molecule has 5 nitrogen and oxygen atoms in total. The quantitative estimate of drug-likeness (QED) is 0.761. The molecule has 5 heteroatoms. The van der Waals surface area contributed by atoms with E-state index in [2.05, 4.69) is 4.90 Å². The van der Waals surface area contributed by atoms with Crippen LogP contribution >= 0.6 is 0 Å². The van der Waals surface area contributed by atoms with Crippen molar-refractivity contribution in [2.75, 3.05) is 34.4 Å². The number of ether oxygens (including phenoxy) is 3. The average molecular weight is 279 g/mol. The lowest BCUT2D eigenvalue weighted by atomic mass is 10.1. The summed E-state index contributed by atoms with van der Waals surface area (Å²) < 4.78 is 15.7. The number of carbonyl (C=O) groups excluding carboxylic acids is 1. The summed E-state index contributed by atoms with van der Waals surface area (Å²) in [5, 5.41) is 0. The van der Waals surface area contributed by atoms with E-state index in [4.69, 9.17) is 14.2 Å². The Labute approximate surface area is 119 Å². The molecule has 1 heterocycles. The Bertz CT molecular complexity index is 451. The van der Waals surface area contributed by atoms with Gasteiger partial charge in [0.2, 0.25) is 0 Å². The molecule has 0 radical (unpaired) electrons. The van der Waals surface area contributed by atoms with Gasteiger partial charge in [-0.2, -0.15) is 0 Å². The molecule has 0 bridgehead atoms. The summed E-state index contributed by atoms with van der Waals surface area (Å²) in [6, 6.07) is 7.52. The first-order valence-electron chi connectivity index (χ1n) is 6.63. The molecule has 1 fully saturated rings. The second-order valence-corrected chi connectivity index (χ2v) is 4.89. The predicted molar refractivity (Wildman–Crippen MR) is 74.7 cm³/mol. The van der Waals surface area contributed by atoms with Gasteiger partial charge in [0, 0.05) is 33.9 Å². The van der Waals surface area contributed by atoms with Gasteiger partial charge in [-0.15, -0.1) is 0 Å². The Balaban J connectivity index is 2.09. The van der Waals surface area contributed by atoms with E-state index in [1.807, 2.05) is 18.2 Å². The van der Waals surface area contributed by atoms with E-state index in [1.165, 1.54) is 7.11 Å². The molecule has 20 heavy (non-hydrogen) atoms. The molecular formula is C15H21NO4. The van der Waals surface area contributed by atoms with Crippen molar-refractivity contribution in [2.45, 2.75) is 18.8 Å². The second-order valence-electron chi connectivity index (χ2n) is 4.89. The summed E-state index contributed by atoms with van der Waals surface area (Å²) in [5.41, 5.74) is 1.58. The smallest absolute Gasteiger partial charge is 0.338 e. The maximum absolute atomic E-state index is 11.8. The number of rotatable bonds is 5. The number of esters is 1. The van der Waals surface area contributed by atoms with Gasteiger partial charge < -0.3 is 14.2 Å². The van der Waals surface area contributed by atoms with Crippen LogP contribution in [0.2, 0.25) is 0 Å². The van der Waals surface area contributed by atoms with Gasteiger partial charge in [0.1, 0.15) is 0 Å². The lowest BCUT2D eigenvalue weighted by Gasteiger charge is -2.17. The maximum Gasteiger partial charge on any atom is 0.338 e. The second kappa shape index (κ2) is 6.83. The van der Waals surface area contributed by atoms with E-state index in [0.29, 0.717) is 12.1 Å². The standard InChI is InChI=1S/C15H21NO4/c1-18-13-9-16(10-14(13)19-2)8-11-6-4-5-7-12(11)15(17)20-3/h4-7,13-14H,8-10H2,1-3H3.